The van der Waals surface area contributed by atoms with E-state index in [0.717, 1.165) is 18.4 Å². The van der Waals surface area contributed by atoms with E-state index >= 15 is 0 Å². The first kappa shape index (κ1) is 20.2. The second-order valence-corrected chi connectivity index (χ2v) is 6.19. The van der Waals surface area contributed by atoms with E-state index in [1.165, 1.54) is 38.5 Å². The molecule has 2 N–H and O–H groups in total. The van der Waals surface area contributed by atoms with E-state index in [4.69, 9.17) is 0 Å². The molecular weight excluding hydrogens is 296 g/mol. The lowest BCUT2D eigenvalue weighted by Gasteiger charge is -2.16. The highest BCUT2D eigenvalue weighted by Crippen LogP contribution is 2.31. The molecule has 0 heterocycles. The SMILES string of the molecule is C=CC=CC=C(CCCCCCCCC)C(O)c1ccccc1O. The van der Waals surface area contributed by atoms with E-state index in [-0.39, 0.29) is 5.75 Å². The number of allylic oxidation sites excluding steroid dienone is 4. The van der Waals surface area contributed by atoms with Gasteiger partial charge in [-0.25, -0.2) is 0 Å². The number of hydrogen-bond acceptors (Lipinski definition) is 2. The number of unbranched alkanes of at least 4 members (excludes halogenated alkanes) is 6. The lowest BCUT2D eigenvalue weighted by molar-refractivity contribution is 0.206. The van der Waals surface area contributed by atoms with Crippen molar-refractivity contribution in [2.75, 3.05) is 0 Å². The van der Waals surface area contributed by atoms with Gasteiger partial charge < -0.3 is 10.2 Å². The number of phenols is 1. The number of phenolic OH excluding ortho intramolecular Hbond substituents is 1. The van der Waals surface area contributed by atoms with Crippen LogP contribution in [0.4, 0.5) is 0 Å². The lowest BCUT2D eigenvalue weighted by atomic mass is 9.95. The summed E-state index contributed by atoms with van der Waals surface area (Å²) in [6, 6.07) is 6.99. The molecule has 1 unspecified atom stereocenters. The van der Waals surface area contributed by atoms with Gasteiger partial charge in [0, 0.05) is 5.56 Å². The maximum Gasteiger partial charge on any atom is 0.121 e. The molecule has 1 rings (SSSR count). The molecule has 0 aliphatic carbocycles. The molecule has 2 heteroatoms. The number of benzene rings is 1. The molecule has 0 saturated heterocycles. The largest absolute Gasteiger partial charge is 0.508 e. The minimum Gasteiger partial charge on any atom is -0.508 e. The van der Waals surface area contributed by atoms with Crippen LogP contribution < -0.4 is 0 Å². The summed E-state index contributed by atoms with van der Waals surface area (Å²) in [7, 11) is 0. The fraction of sp³-hybridized carbons (Fsp3) is 0.455. The molecule has 0 aliphatic heterocycles. The van der Waals surface area contributed by atoms with Crippen LogP contribution in [-0.4, -0.2) is 10.2 Å². The molecular formula is C22H32O2. The summed E-state index contributed by atoms with van der Waals surface area (Å²) in [6.45, 7) is 5.90. The Hall–Kier alpha value is -1.80. The first-order valence-corrected chi connectivity index (χ1v) is 9.14. The van der Waals surface area contributed by atoms with Gasteiger partial charge in [-0.15, -0.1) is 0 Å². The van der Waals surface area contributed by atoms with Gasteiger partial charge in [-0.3, -0.25) is 0 Å². The average molecular weight is 328 g/mol. The monoisotopic (exact) mass is 328 g/mol. The van der Waals surface area contributed by atoms with Crippen molar-refractivity contribution in [3.05, 3.63) is 66.3 Å². The first-order valence-electron chi connectivity index (χ1n) is 9.14. The molecule has 0 spiro atoms. The zero-order valence-corrected chi connectivity index (χ0v) is 15.0. The Morgan fingerprint density at radius 2 is 1.71 bits per heavy atom. The quantitative estimate of drug-likeness (QED) is 0.352. The smallest absolute Gasteiger partial charge is 0.121 e. The summed E-state index contributed by atoms with van der Waals surface area (Å²) < 4.78 is 0. The van der Waals surface area contributed by atoms with Gasteiger partial charge in [0.05, 0.1) is 0 Å². The predicted octanol–water partition coefficient (Wildman–Crippen LogP) is 6.23. The Morgan fingerprint density at radius 1 is 1.04 bits per heavy atom. The maximum atomic E-state index is 10.6. The third-order valence-corrected chi connectivity index (χ3v) is 4.21. The molecule has 0 bridgehead atoms. The Balaban J connectivity index is 2.61. The minimum absolute atomic E-state index is 0.142. The van der Waals surface area contributed by atoms with Crippen LogP contribution in [0.15, 0.2) is 60.7 Å². The molecule has 0 radical (unpaired) electrons. The molecule has 1 atom stereocenters. The number of aromatic hydroxyl groups is 1. The lowest BCUT2D eigenvalue weighted by Crippen LogP contribution is -2.02. The molecule has 0 aromatic heterocycles. The van der Waals surface area contributed by atoms with E-state index < -0.39 is 6.10 Å². The average Bonchev–Trinajstić information content (AvgIpc) is 2.59. The van der Waals surface area contributed by atoms with Gasteiger partial charge in [0.1, 0.15) is 11.9 Å². The predicted molar refractivity (Wildman–Crippen MR) is 103 cm³/mol. The number of aliphatic hydroxyl groups excluding tert-OH is 1. The van der Waals surface area contributed by atoms with Crippen molar-refractivity contribution >= 4 is 0 Å². The van der Waals surface area contributed by atoms with E-state index in [9.17, 15) is 10.2 Å². The van der Waals surface area contributed by atoms with Crippen LogP contribution in [0.3, 0.4) is 0 Å². The van der Waals surface area contributed by atoms with Crippen molar-refractivity contribution in [2.45, 2.75) is 64.4 Å². The normalized spacial score (nSPS) is 13.3. The van der Waals surface area contributed by atoms with Gasteiger partial charge in [0.2, 0.25) is 0 Å². The summed E-state index contributed by atoms with van der Waals surface area (Å²) in [6.07, 6.45) is 16.2. The molecule has 1 aromatic rings. The van der Waals surface area contributed by atoms with Crippen molar-refractivity contribution in [3.8, 4) is 5.75 Å². The van der Waals surface area contributed by atoms with Crippen LogP contribution in [-0.2, 0) is 0 Å². The van der Waals surface area contributed by atoms with E-state index in [1.807, 2.05) is 24.3 Å². The van der Waals surface area contributed by atoms with Crippen molar-refractivity contribution in [1.29, 1.82) is 0 Å². The van der Waals surface area contributed by atoms with Gasteiger partial charge in [-0.1, -0.05) is 94.5 Å². The molecule has 2 nitrogen and oxygen atoms in total. The fourth-order valence-corrected chi connectivity index (χ4v) is 2.77. The van der Waals surface area contributed by atoms with Crippen LogP contribution in [0.25, 0.3) is 0 Å². The van der Waals surface area contributed by atoms with Crippen LogP contribution in [0, 0.1) is 0 Å². The summed E-state index contributed by atoms with van der Waals surface area (Å²) in [5.41, 5.74) is 1.50. The van der Waals surface area contributed by atoms with E-state index in [0.29, 0.717) is 5.56 Å². The molecule has 132 valence electrons. The van der Waals surface area contributed by atoms with Crippen LogP contribution in [0.5, 0.6) is 5.75 Å². The van der Waals surface area contributed by atoms with Gasteiger partial charge >= 0.3 is 0 Å². The van der Waals surface area contributed by atoms with Gasteiger partial charge in [0.25, 0.3) is 0 Å². The highest BCUT2D eigenvalue weighted by Gasteiger charge is 2.15. The summed E-state index contributed by atoms with van der Waals surface area (Å²) in [5, 5.41) is 20.6. The highest BCUT2D eigenvalue weighted by atomic mass is 16.3. The Kier molecular flexibility index (Phi) is 10.6. The van der Waals surface area contributed by atoms with Gasteiger partial charge in [-0.2, -0.15) is 0 Å². The molecule has 0 amide bonds. The number of hydrogen-bond donors (Lipinski definition) is 2. The van der Waals surface area contributed by atoms with E-state index in [1.54, 1.807) is 24.3 Å². The summed E-state index contributed by atoms with van der Waals surface area (Å²) in [4.78, 5) is 0. The first-order chi connectivity index (χ1) is 11.7. The van der Waals surface area contributed by atoms with Crippen molar-refractivity contribution in [1.82, 2.24) is 0 Å². The van der Waals surface area contributed by atoms with Gasteiger partial charge in [0.15, 0.2) is 0 Å². The van der Waals surface area contributed by atoms with Crippen molar-refractivity contribution < 1.29 is 10.2 Å². The Bertz CT molecular complexity index is 529. The van der Waals surface area contributed by atoms with Gasteiger partial charge in [-0.05, 0) is 24.5 Å². The number of rotatable bonds is 12. The standard InChI is InChI=1S/C22H32O2/c1-3-5-7-8-9-10-12-16-19(15-11-6-4-2)22(24)20-17-13-14-18-21(20)23/h4,6,11,13-15,17-18,22-24H,2-3,5,7-10,12,16H2,1H3. The molecule has 1 aromatic carbocycles. The van der Waals surface area contributed by atoms with Crippen LogP contribution in [0.1, 0.15) is 70.0 Å². The summed E-state index contributed by atoms with van der Waals surface area (Å²) >= 11 is 0. The minimum atomic E-state index is -0.763. The van der Waals surface area contributed by atoms with Crippen molar-refractivity contribution in [2.24, 2.45) is 0 Å². The second-order valence-electron chi connectivity index (χ2n) is 6.19. The van der Waals surface area contributed by atoms with Crippen LogP contribution in [0.2, 0.25) is 0 Å². The third kappa shape index (κ3) is 7.65. The third-order valence-electron chi connectivity index (χ3n) is 4.21. The van der Waals surface area contributed by atoms with Crippen LogP contribution >= 0.6 is 0 Å². The zero-order valence-electron chi connectivity index (χ0n) is 15.0. The molecule has 0 fully saturated rings. The Morgan fingerprint density at radius 3 is 2.38 bits per heavy atom. The summed E-state index contributed by atoms with van der Waals surface area (Å²) in [5.74, 6) is 0.142. The fourth-order valence-electron chi connectivity index (χ4n) is 2.77. The molecule has 0 aliphatic rings. The zero-order chi connectivity index (χ0) is 17.6. The maximum absolute atomic E-state index is 10.6. The molecule has 0 saturated carbocycles. The van der Waals surface area contributed by atoms with E-state index in [2.05, 4.69) is 13.5 Å². The Labute approximate surface area is 147 Å². The number of aliphatic hydroxyl groups is 1. The topological polar surface area (TPSA) is 40.5 Å². The second kappa shape index (κ2) is 12.6. The molecule has 24 heavy (non-hydrogen) atoms. The van der Waals surface area contributed by atoms with Crippen molar-refractivity contribution in [3.63, 3.8) is 0 Å². The highest BCUT2D eigenvalue weighted by molar-refractivity contribution is 5.38. The number of para-hydroxylation sites is 1.